The zero-order valence-electron chi connectivity index (χ0n) is 8.90. The molecule has 0 bridgehead atoms. The van der Waals surface area contributed by atoms with Gasteiger partial charge in [-0.15, -0.1) is 0 Å². The molecule has 0 aliphatic rings. The fourth-order valence-electron chi connectivity index (χ4n) is 1.92. The first-order valence-corrected chi connectivity index (χ1v) is 4.84. The van der Waals surface area contributed by atoms with Crippen molar-refractivity contribution < 1.29 is 0 Å². The summed E-state index contributed by atoms with van der Waals surface area (Å²) in [4.78, 5) is 4.27. The van der Waals surface area contributed by atoms with Crippen molar-refractivity contribution in [2.24, 2.45) is 0 Å². The Morgan fingerprint density at radius 1 is 1.23 bits per heavy atom. The van der Waals surface area contributed by atoms with Gasteiger partial charge >= 0.3 is 0 Å². The lowest BCUT2D eigenvalue weighted by molar-refractivity contribution is 0.578. The molecule has 1 aromatic heterocycles. The molecule has 2 heteroatoms. The van der Waals surface area contributed by atoms with Gasteiger partial charge in [-0.2, -0.15) is 0 Å². The molecule has 1 heterocycles. The minimum atomic E-state index is 0.145. The smallest absolute Gasteiger partial charge is 0.129 e. The van der Waals surface area contributed by atoms with E-state index in [1.807, 2.05) is 13.0 Å². The van der Waals surface area contributed by atoms with E-state index < -0.39 is 0 Å². The lowest BCUT2D eigenvalue weighted by atomic mass is 9.83. The summed E-state index contributed by atoms with van der Waals surface area (Å²) in [6, 6.07) is 1.93. The molecular weight excluding hydrogens is 182 g/mol. The number of aryl methyl sites for hydroxylation is 2. The van der Waals surface area contributed by atoms with E-state index in [-0.39, 0.29) is 5.41 Å². The van der Waals surface area contributed by atoms with Crippen LogP contribution in [0.15, 0.2) is 6.07 Å². The summed E-state index contributed by atoms with van der Waals surface area (Å²) in [5, 5.41) is 0.586. The molecule has 0 fully saturated rings. The van der Waals surface area contributed by atoms with Gasteiger partial charge in [0.2, 0.25) is 0 Å². The standard InChI is InChI=1S/C11H16ClN/c1-7-6-9(12)13-8(2)10(7)11(3,4)5/h6H,1-5H3. The third-order valence-corrected chi connectivity index (χ3v) is 2.31. The molecule has 13 heavy (non-hydrogen) atoms. The summed E-state index contributed by atoms with van der Waals surface area (Å²) in [7, 11) is 0. The number of aromatic nitrogens is 1. The molecule has 1 aromatic rings. The van der Waals surface area contributed by atoms with Gasteiger partial charge in [0, 0.05) is 5.69 Å². The van der Waals surface area contributed by atoms with Crippen LogP contribution in [0.3, 0.4) is 0 Å². The molecule has 0 radical (unpaired) electrons. The van der Waals surface area contributed by atoms with Crippen molar-refractivity contribution >= 4 is 11.6 Å². The SMILES string of the molecule is Cc1cc(Cl)nc(C)c1C(C)(C)C. The monoisotopic (exact) mass is 197 g/mol. The van der Waals surface area contributed by atoms with E-state index in [2.05, 4.69) is 32.7 Å². The van der Waals surface area contributed by atoms with Crippen LogP contribution in [0.5, 0.6) is 0 Å². The fraction of sp³-hybridized carbons (Fsp3) is 0.545. The molecule has 0 N–H and O–H groups in total. The zero-order chi connectivity index (χ0) is 10.2. The highest BCUT2D eigenvalue weighted by Gasteiger charge is 2.19. The molecule has 0 saturated carbocycles. The quantitative estimate of drug-likeness (QED) is 0.579. The Kier molecular flexibility index (Phi) is 2.67. The lowest BCUT2D eigenvalue weighted by Crippen LogP contribution is -2.16. The van der Waals surface area contributed by atoms with Gasteiger partial charge in [-0.1, -0.05) is 32.4 Å². The van der Waals surface area contributed by atoms with Gasteiger partial charge in [0.05, 0.1) is 0 Å². The summed E-state index contributed by atoms with van der Waals surface area (Å²) in [5.74, 6) is 0. The van der Waals surface area contributed by atoms with E-state index >= 15 is 0 Å². The highest BCUT2D eigenvalue weighted by Crippen LogP contribution is 2.29. The highest BCUT2D eigenvalue weighted by atomic mass is 35.5. The molecule has 0 amide bonds. The highest BCUT2D eigenvalue weighted by molar-refractivity contribution is 6.29. The second-order valence-corrected chi connectivity index (χ2v) is 4.86. The molecule has 0 spiro atoms. The minimum Gasteiger partial charge on any atom is -0.241 e. The van der Waals surface area contributed by atoms with Gasteiger partial charge in [-0.3, -0.25) is 0 Å². The predicted octanol–water partition coefficient (Wildman–Crippen LogP) is 3.65. The first kappa shape index (κ1) is 10.5. The third kappa shape index (κ3) is 2.22. The van der Waals surface area contributed by atoms with Crippen molar-refractivity contribution in [3.8, 4) is 0 Å². The second-order valence-electron chi connectivity index (χ2n) is 4.47. The van der Waals surface area contributed by atoms with Crippen LogP contribution in [0.4, 0.5) is 0 Å². The van der Waals surface area contributed by atoms with Crippen molar-refractivity contribution in [2.45, 2.75) is 40.0 Å². The Morgan fingerprint density at radius 2 is 1.77 bits per heavy atom. The number of hydrogen-bond donors (Lipinski definition) is 0. The van der Waals surface area contributed by atoms with Crippen LogP contribution < -0.4 is 0 Å². The van der Waals surface area contributed by atoms with Gasteiger partial charge in [-0.25, -0.2) is 4.98 Å². The maximum atomic E-state index is 5.86. The van der Waals surface area contributed by atoms with Crippen LogP contribution in [-0.2, 0) is 5.41 Å². The number of rotatable bonds is 0. The summed E-state index contributed by atoms with van der Waals surface area (Å²) >= 11 is 5.86. The Hall–Kier alpha value is -0.560. The van der Waals surface area contributed by atoms with Crippen LogP contribution in [-0.4, -0.2) is 4.98 Å². The first-order valence-electron chi connectivity index (χ1n) is 4.46. The maximum Gasteiger partial charge on any atom is 0.129 e. The lowest BCUT2D eigenvalue weighted by Gasteiger charge is -2.23. The van der Waals surface area contributed by atoms with E-state index in [9.17, 15) is 0 Å². The van der Waals surface area contributed by atoms with Crippen molar-refractivity contribution in [3.63, 3.8) is 0 Å². The largest absolute Gasteiger partial charge is 0.241 e. The minimum absolute atomic E-state index is 0.145. The Labute approximate surface area is 85.1 Å². The Balaban J connectivity index is 3.38. The molecule has 1 rings (SSSR count). The molecule has 0 atom stereocenters. The number of halogens is 1. The van der Waals surface area contributed by atoms with E-state index in [1.165, 1.54) is 11.1 Å². The van der Waals surface area contributed by atoms with Crippen molar-refractivity contribution in [2.75, 3.05) is 0 Å². The van der Waals surface area contributed by atoms with Crippen LogP contribution in [0.2, 0.25) is 5.15 Å². The van der Waals surface area contributed by atoms with Crippen molar-refractivity contribution in [1.29, 1.82) is 0 Å². The maximum absolute atomic E-state index is 5.86. The first-order chi connectivity index (χ1) is 5.82. The van der Waals surface area contributed by atoms with E-state index in [4.69, 9.17) is 11.6 Å². The predicted molar refractivity (Wildman–Crippen MR) is 57.4 cm³/mol. The summed E-state index contributed by atoms with van der Waals surface area (Å²) in [6.45, 7) is 10.7. The molecular formula is C11H16ClN. The zero-order valence-corrected chi connectivity index (χ0v) is 9.66. The van der Waals surface area contributed by atoms with E-state index in [1.54, 1.807) is 0 Å². The summed E-state index contributed by atoms with van der Waals surface area (Å²) in [5.41, 5.74) is 3.71. The third-order valence-electron chi connectivity index (χ3n) is 2.12. The van der Waals surface area contributed by atoms with Crippen LogP contribution >= 0.6 is 11.6 Å². The van der Waals surface area contributed by atoms with Crippen molar-refractivity contribution in [1.82, 2.24) is 4.98 Å². The van der Waals surface area contributed by atoms with Crippen molar-refractivity contribution in [3.05, 3.63) is 28.0 Å². The topological polar surface area (TPSA) is 12.9 Å². The van der Waals surface area contributed by atoms with Gasteiger partial charge in [0.25, 0.3) is 0 Å². The fourth-order valence-corrected chi connectivity index (χ4v) is 2.21. The molecule has 0 aromatic carbocycles. The molecule has 1 nitrogen and oxygen atoms in total. The van der Waals surface area contributed by atoms with E-state index in [0.717, 1.165) is 5.69 Å². The molecule has 72 valence electrons. The Morgan fingerprint density at radius 3 is 2.15 bits per heavy atom. The Bertz CT molecular complexity index is 300. The average molecular weight is 198 g/mol. The number of nitrogens with zero attached hydrogens (tertiary/aromatic N) is 1. The second kappa shape index (κ2) is 3.30. The molecule has 0 unspecified atom stereocenters. The molecule has 0 saturated heterocycles. The molecule has 0 aliphatic carbocycles. The van der Waals surface area contributed by atoms with Crippen LogP contribution in [0.25, 0.3) is 0 Å². The molecule has 0 aliphatic heterocycles. The normalized spacial score (nSPS) is 11.8. The van der Waals surface area contributed by atoms with Crippen LogP contribution in [0.1, 0.15) is 37.6 Å². The van der Waals surface area contributed by atoms with Gasteiger partial charge in [0.15, 0.2) is 0 Å². The van der Waals surface area contributed by atoms with Gasteiger partial charge < -0.3 is 0 Å². The number of pyridine rings is 1. The van der Waals surface area contributed by atoms with Gasteiger partial charge in [0.1, 0.15) is 5.15 Å². The van der Waals surface area contributed by atoms with Crippen LogP contribution in [0, 0.1) is 13.8 Å². The average Bonchev–Trinajstić information content (AvgIpc) is 1.78. The van der Waals surface area contributed by atoms with E-state index in [0.29, 0.717) is 5.15 Å². The number of hydrogen-bond acceptors (Lipinski definition) is 1. The summed E-state index contributed by atoms with van der Waals surface area (Å²) < 4.78 is 0. The summed E-state index contributed by atoms with van der Waals surface area (Å²) in [6.07, 6.45) is 0. The van der Waals surface area contributed by atoms with Gasteiger partial charge in [-0.05, 0) is 36.5 Å².